The van der Waals surface area contributed by atoms with Crippen LogP contribution in [0.3, 0.4) is 0 Å². The molecule has 170 valence electrons. The summed E-state index contributed by atoms with van der Waals surface area (Å²) in [4.78, 5) is 39.3. The van der Waals surface area contributed by atoms with Gasteiger partial charge in [-0.15, -0.1) is 11.8 Å². The number of carbonyl (C=O) groups is 3. The van der Waals surface area contributed by atoms with Crippen LogP contribution in [0.4, 0.5) is 0 Å². The number of unbranched alkanes of at least 4 members (excludes halogenated alkanes) is 4. The molecule has 1 aromatic rings. The normalized spacial score (nSPS) is 19.0. The lowest BCUT2D eigenvalue weighted by atomic mass is 10.0. The second-order valence-electron chi connectivity index (χ2n) is 9.48. The third-order valence-electron chi connectivity index (χ3n) is 5.77. The Kier molecular flexibility index (Phi) is 8.17. The highest BCUT2D eigenvalue weighted by molar-refractivity contribution is 7.99. The number of piperidine rings is 1. The summed E-state index contributed by atoms with van der Waals surface area (Å²) >= 11 is 1.80. The standard InChI is InChI=1S/C24H35N3O3S/c1-24(2,3)25-14-7-5-4-6-8-15-31-20-11-9-10-17-18(20)16-27(23(17)30)19-12-13-21(28)26-22(19)29/h9-11,19,25H,4-8,12-16H2,1-3H3,(H,26,28,29). The Morgan fingerprint density at radius 1 is 1.10 bits per heavy atom. The Balaban J connectivity index is 1.43. The largest absolute Gasteiger partial charge is 0.322 e. The van der Waals surface area contributed by atoms with E-state index in [0.29, 0.717) is 18.5 Å². The van der Waals surface area contributed by atoms with Crippen molar-refractivity contribution in [2.75, 3.05) is 12.3 Å². The molecule has 2 aliphatic heterocycles. The number of thioether (sulfide) groups is 1. The van der Waals surface area contributed by atoms with Crippen LogP contribution >= 0.6 is 11.8 Å². The predicted octanol–water partition coefficient (Wildman–Crippen LogP) is 3.88. The van der Waals surface area contributed by atoms with Gasteiger partial charge >= 0.3 is 0 Å². The van der Waals surface area contributed by atoms with Gasteiger partial charge in [-0.2, -0.15) is 0 Å². The number of amides is 3. The second-order valence-corrected chi connectivity index (χ2v) is 10.6. The van der Waals surface area contributed by atoms with Gasteiger partial charge in [-0.05, 0) is 70.0 Å². The molecular formula is C24H35N3O3S. The molecule has 1 atom stereocenters. The van der Waals surface area contributed by atoms with Crippen molar-refractivity contribution >= 4 is 29.5 Å². The lowest BCUT2D eigenvalue weighted by Crippen LogP contribution is -2.52. The average Bonchev–Trinajstić information content (AvgIpc) is 3.03. The molecule has 2 aliphatic rings. The van der Waals surface area contributed by atoms with Crippen molar-refractivity contribution in [3.8, 4) is 0 Å². The maximum Gasteiger partial charge on any atom is 0.255 e. The Morgan fingerprint density at radius 3 is 2.58 bits per heavy atom. The van der Waals surface area contributed by atoms with Crippen molar-refractivity contribution in [2.45, 2.75) is 88.7 Å². The van der Waals surface area contributed by atoms with Gasteiger partial charge in [0.15, 0.2) is 0 Å². The smallest absolute Gasteiger partial charge is 0.255 e. The van der Waals surface area contributed by atoms with Crippen molar-refractivity contribution in [1.82, 2.24) is 15.5 Å². The van der Waals surface area contributed by atoms with E-state index < -0.39 is 6.04 Å². The predicted molar refractivity (Wildman–Crippen MR) is 124 cm³/mol. The van der Waals surface area contributed by atoms with E-state index in [4.69, 9.17) is 0 Å². The van der Waals surface area contributed by atoms with E-state index in [1.165, 1.54) is 25.7 Å². The van der Waals surface area contributed by atoms with E-state index in [2.05, 4.69) is 37.5 Å². The van der Waals surface area contributed by atoms with Crippen LogP contribution in [0.5, 0.6) is 0 Å². The summed E-state index contributed by atoms with van der Waals surface area (Å²) < 4.78 is 0. The highest BCUT2D eigenvalue weighted by Crippen LogP contribution is 2.34. The maximum absolute atomic E-state index is 12.9. The quantitative estimate of drug-likeness (QED) is 0.325. The van der Waals surface area contributed by atoms with Gasteiger partial charge in [0.2, 0.25) is 11.8 Å². The van der Waals surface area contributed by atoms with E-state index in [0.717, 1.165) is 29.2 Å². The van der Waals surface area contributed by atoms with Gasteiger partial charge < -0.3 is 10.2 Å². The summed E-state index contributed by atoms with van der Waals surface area (Å²) in [6.45, 7) is 8.11. The molecular weight excluding hydrogens is 410 g/mol. The number of hydrogen-bond acceptors (Lipinski definition) is 5. The van der Waals surface area contributed by atoms with Crippen molar-refractivity contribution in [2.24, 2.45) is 0 Å². The number of imide groups is 1. The molecule has 0 saturated carbocycles. The molecule has 31 heavy (non-hydrogen) atoms. The fourth-order valence-electron chi connectivity index (χ4n) is 4.10. The fourth-order valence-corrected chi connectivity index (χ4v) is 5.19. The number of carbonyl (C=O) groups excluding carboxylic acids is 3. The molecule has 3 rings (SSSR count). The Morgan fingerprint density at radius 2 is 1.84 bits per heavy atom. The lowest BCUT2D eigenvalue weighted by molar-refractivity contribution is -0.136. The number of hydrogen-bond donors (Lipinski definition) is 2. The van der Waals surface area contributed by atoms with Crippen LogP contribution in [0.1, 0.15) is 81.6 Å². The summed E-state index contributed by atoms with van der Waals surface area (Å²) in [7, 11) is 0. The maximum atomic E-state index is 12.9. The van der Waals surface area contributed by atoms with Gasteiger partial charge in [0.1, 0.15) is 6.04 Å². The number of benzene rings is 1. The van der Waals surface area contributed by atoms with Crippen LogP contribution in [0, 0.1) is 0 Å². The molecule has 0 bridgehead atoms. The Labute approximate surface area is 189 Å². The Bertz CT molecular complexity index is 819. The summed E-state index contributed by atoms with van der Waals surface area (Å²) in [5.41, 5.74) is 1.92. The highest BCUT2D eigenvalue weighted by Gasteiger charge is 2.39. The molecule has 0 spiro atoms. The number of nitrogens with zero attached hydrogens (tertiary/aromatic N) is 1. The van der Waals surface area contributed by atoms with Crippen molar-refractivity contribution in [3.63, 3.8) is 0 Å². The molecule has 2 N–H and O–H groups in total. The summed E-state index contributed by atoms with van der Waals surface area (Å²) in [6.07, 6.45) is 6.78. The van der Waals surface area contributed by atoms with E-state index in [9.17, 15) is 14.4 Å². The molecule has 6 nitrogen and oxygen atoms in total. The van der Waals surface area contributed by atoms with Gasteiger partial charge in [0.05, 0.1) is 0 Å². The zero-order valence-electron chi connectivity index (χ0n) is 19.0. The van der Waals surface area contributed by atoms with Gasteiger partial charge in [-0.1, -0.05) is 25.3 Å². The van der Waals surface area contributed by atoms with Crippen LogP contribution in [-0.2, 0) is 16.1 Å². The first kappa shape index (κ1) is 23.8. The zero-order chi connectivity index (χ0) is 22.4. The van der Waals surface area contributed by atoms with Gasteiger partial charge in [-0.25, -0.2) is 0 Å². The van der Waals surface area contributed by atoms with E-state index >= 15 is 0 Å². The van der Waals surface area contributed by atoms with Crippen LogP contribution in [0.15, 0.2) is 23.1 Å². The third kappa shape index (κ3) is 6.56. The average molecular weight is 446 g/mol. The lowest BCUT2D eigenvalue weighted by Gasteiger charge is -2.29. The minimum atomic E-state index is -0.553. The molecule has 0 aromatic heterocycles. The highest BCUT2D eigenvalue weighted by atomic mass is 32.2. The SMILES string of the molecule is CC(C)(C)NCCCCCCCSc1cccc2c1CN(C1CCC(=O)NC1=O)C2=O. The minimum absolute atomic E-state index is 0.101. The molecule has 1 unspecified atom stereocenters. The Hall–Kier alpha value is -1.86. The van der Waals surface area contributed by atoms with Crippen LogP contribution < -0.4 is 10.6 Å². The molecule has 2 heterocycles. The molecule has 1 saturated heterocycles. The van der Waals surface area contributed by atoms with E-state index in [-0.39, 0.29) is 29.7 Å². The molecule has 7 heteroatoms. The third-order valence-corrected chi connectivity index (χ3v) is 6.96. The summed E-state index contributed by atoms with van der Waals surface area (Å²) in [6, 6.07) is 5.29. The molecule has 1 aromatic carbocycles. The van der Waals surface area contributed by atoms with E-state index in [1.54, 1.807) is 16.7 Å². The van der Waals surface area contributed by atoms with Crippen molar-refractivity contribution in [3.05, 3.63) is 29.3 Å². The van der Waals surface area contributed by atoms with Crippen molar-refractivity contribution < 1.29 is 14.4 Å². The summed E-state index contributed by atoms with van der Waals surface area (Å²) in [5, 5.41) is 5.89. The molecule has 1 fully saturated rings. The van der Waals surface area contributed by atoms with Gasteiger partial charge in [0.25, 0.3) is 5.91 Å². The van der Waals surface area contributed by atoms with Crippen LogP contribution in [-0.4, -0.2) is 46.5 Å². The first-order valence-electron chi connectivity index (χ1n) is 11.4. The van der Waals surface area contributed by atoms with Crippen LogP contribution in [0.25, 0.3) is 0 Å². The molecule has 3 amide bonds. The summed E-state index contributed by atoms with van der Waals surface area (Å²) in [5.74, 6) is 0.316. The monoisotopic (exact) mass is 445 g/mol. The molecule has 0 radical (unpaired) electrons. The number of fused-ring (bicyclic) bond motifs is 1. The molecule has 0 aliphatic carbocycles. The first-order chi connectivity index (χ1) is 14.8. The minimum Gasteiger partial charge on any atom is -0.322 e. The number of rotatable bonds is 10. The zero-order valence-corrected chi connectivity index (χ0v) is 19.8. The van der Waals surface area contributed by atoms with E-state index in [1.807, 2.05) is 12.1 Å². The van der Waals surface area contributed by atoms with Crippen molar-refractivity contribution in [1.29, 1.82) is 0 Å². The topological polar surface area (TPSA) is 78.5 Å². The first-order valence-corrected chi connectivity index (χ1v) is 12.4. The van der Waals surface area contributed by atoms with Gasteiger partial charge in [0, 0.05) is 29.0 Å². The van der Waals surface area contributed by atoms with Crippen LogP contribution in [0.2, 0.25) is 0 Å². The fraction of sp³-hybridized carbons (Fsp3) is 0.625. The van der Waals surface area contributed by atoms with Gasteiger partial charge in [-0.3, -0.25) is 19.7 Å². The second kappa shape index (κ2) is 10.6. The number of nitrogens with one attached hydrogen (secondary N) is 2.